The lowest BCUT2D eigenvalue weighted by Gasteiger charge is -2.13. The number of carbonyl (C=O) groups excluding carboxylic acids is 1. The number of amides is 1. The highest BCUT2D eigenvalue weighted by Crippen LogP contribution is 2.20. The summed E-state index contributed by atoms with van der Waals surface area (Å²) in [5, 5.41) is 10.4. The van der Waals surface area contributed by atoms with E-state index in [2.05, 4.69) is 15.0 Å². The van der Waals surface area contributed by atoms with Crippen LogP contribution in [0.5, 0.6) is 5.88 Å². The predicted octanol–water partition coefficient (Wildman–Crippen LogP) is 2.79. The van der Waals surface area contributed by atoms with Gasteiger partial charge in [-0.2, -0.15) is 18.2 Å². The van der Waals surface area contributed by atoms with Gasteiger partial charge < -0.3 is 15.2 Å². The van der Waals surface area contributed by atoms with E-state index in [1.165, 1.54) is 49.4 Å². The summed E-state index contributed by atoms with van der Waals surface area (Å²) in [4.78, 5) is 16.2. The van der Waals surface area contributed by atoms with Gasteiger partial charge in [-0.15, -0.1) is 0 Å². The minimum atomic E-state index is -4.34. The quantitative estimate of drug-likeness (QED) is 0.544. The fraction of sp³-hybridized carbons (Fsp3) is 0.333. The molecule has 3 N–H and O–H groups in total. The number of nitrogens with zero attached hydrogens (tertiary/aromatic N) is 1. The van der Waals surface area contributed by atoms with E-state index < -0.39 is 47.0 Å². The lowest BCUT2D eigenvalue weighted by molar-refractivity contribution is -0.139. The maximum absolute atomic E-state index is 12.3. The lowest BCUT2D eigenvalue weighted by Crippen LogP contribution is -2.28. The number of aromatic nitrogens is 1. The number of aliphatic hydroxyl groups is 1. The van der Waals surface area contributed by atoms with E-state index in [9.17, 15) is 26.4 Å². The Balaban J connectivity index is 1.98. The van der Waals surface area contributed by atoms with Crippen molar-refractivity contribution in [2.24, 2.45) is 0 Å². The van der Waals surface area contributed by atoms with Gasteiger partial charge in [-0.25, -0.2) is 8.42 Å². The molecule has 0 aliphatic carbocycles. The van der Waals surface area contributed by atoms with Crippen molar-refractivity contribution in [1.82, 2.24) is 4.98 Å². The molecule has 0 fully saturated rings. The Morgan fingerprint density at radius 3 is 2.47 bits per heavy atom. The molecule has 0 bridgehead atoms. The fourth-order valence-electron chi connectivity index (χ4n) is 2.08. The van der Waals surface area contributed by atoms with Gasteiger partial charge in [0.15, 0.2) is 0 Å². The summed E-state index contributed by atoms with van der Waals surface area (Å²) in [6.45, 7) is 0.208. The highest BCUT2D eigenvalue weighted by Gasteiger charge is 2.27. The molecule has 0 aliphatic heterocycles. The van der Waals surface area contributed by atoms with Crippen LogP contribution in [0.1, 0.15) is 23.7 Å². The van der Waals surface area contributed by atoms with Crippen LogP contribution in [0.25, 0.3) is 0 Å². The zero-order valence-electron chi connectivity index (χ0n) is 15.8. The summed E-state index contributed by atoms with van der Waals surface area (Å²) in [5.74, 6) is -0.557. The first-order chi connectivity index (χ1) is 14.0. The van der Waals surface area contributed by atoms with Gasteiger partial charge >= 0.3 is 6.18 Å². The molecule has 1 amide bonds. The van der Waals surface area contributed by atoms with Gasteiger partial charge in [-0.05, 0) is 37.3 Å². The van der Waals surface area contributed by atoms with Crippen molar-refractivity contribution >= 4 is 27.4 Å². The number of benzene rings is 1. The Labute approximate surface area is 171 Å². The largest absolute Gasteiger partial charge is 0.477 e. The van der Waals surface area contributed by atoms with Crippen molar-refractivity contribution < 1.29 is 36.2 Å². The molecule has 12 heteroatoms. The van der Waals surface area contributed by atoms with Crippen LogP contribution in [0, 0.1) is 0 Å². The summed E-state index contributed by atoms with van der Waals surface area (Å²) in [6, 6.07) is 9.77. The third-order valence-corrected chi connectivity index (χ3v) is 5.52. The van der Waals surface area contributed by atoms with Crippen LogP contribution in [0.15, 0.2) is 42.5 Å². The fourth-order valence-corrected chi connectivity index (χ4v) is 2.94. The molecule has 2 aromatic rings. The molecule has 1 aromatic heterocycles. The molecule has 0 spiro atoms. The maximum atomic E-state index is 12.3. The van der Waals surface area contributed by atoms with Gasteiger partial charge in [0.1, 0.15) is 11.1 Å². The van der Waals surface area contributed by atoms with Gasteiger partial charge in [-0.3, -0.25) is 9.52 Å². The molecular formula is C18H20F3N3O5S. The van der Waals surface area contributed by atoms with Crippen LogP contribution in [0.4, 0.5) is 24.7 Å². The van der Waals surface area contributed by atoms with E-state index in [0.29, 0.717) is 0 Å². The first kappa shape index (κ1) is 23.4. The van der Waals surface area contributed by atoms with E-state index in [1.54, 1.807) is 0 Å². The van der Waals surface area contributed by atoms with Crippen LogP contribution >= 0.6 is 0 Å². The molecule has 8 nitrogen and oxygen atoms in total. The number of sulfonamides is 1. The Morgan fingerprint density at radius 1 is 1.20 bits per heavy atom. The Morgan fingerprint density at radius 2 is 1.87 bits per heavy atom. The van der Waals surface area contributed by atoms with Crippen molar-refractivity contribution in [1.29, 1.82) is 0 Å². The van der Waals surface area contributed by atoms with Crippen molar-refractivity contribution in [3.05, 3.63) is 48.0 Å². The Hall–Kier alpha value is -2.86. The second-order valence-electron chi connectivity index (χ2n) is 6.25. The van der Waals surface area contributed by atoms with Gasteiger partial charge in [0.2, 0.25) is 15.9 Å². The number of hydrogen-bond donors (Lipinski definition) is 3. The van der Waals surface area contributed by atoms with Crippen LogP contribution in [-0.2, 0) is 10.0 Å². The monoisotopic (exact) mass is 447 g/mol. The van der Waals surface area contributed by atoms with Gasteiger partial charge in [-0.1, -0.05) is 6.07 Å². The molecule has 30 heavy (non-hydrogen) atoms. The zero-order chi connectivity index (χ0) is 22.4. The molecule has 0 saturated heterocycles. The third-order valence-electron chi connectivity index (χ3n) is 3.79. The minimum absolute atomic E-state index is 0.0696. The summed E-state index contributed by atoms with van der Waals surface area (Å²) in [5.41, 5.74) is 0.406. The Bertz CT molecular complexity index is 966. The first-order valence-corrected chi connectivity index (χ1v) is 10.3. The third kappa shape index (κ3) is 7.19. The first-order valence-electron chi connectivity index (χ1n) is 8.71. The normalized spacial score (nSPS) is 12.8. The standard InChI is InChI=1S/C18H20F3N3O5S/c1-12(11-25)30(27,28)24-14-7-5-13(6-8-14)17(26)23-15-3-2-4-16(22-15)29-10-9-18(19,20)21/h2-8,12,24-25H,9-11H2,1H3,(H,22,23,26). The van der Waals surface area contributed by atoms with Crippen molar-refractivity contribution in [2.75, 3.05) is 23.3 Å². The molecule has 164 valence electrons. The van der Waals surface area contributed by atoms with Crippen LogP contribution in [0.2, 0.25) is 0 Å². The number of ether oxygens (including phenoxy) is 1. The molecule has 0 aliphatic rings. The number of anilines is 2. The van der Waals surface area contributed by atoms with Gasteiger partial charge in [0.05, 0.1) is 19.6 Å². The number of alkyl halides is 3. The van der Waals surface area contributed by atoms with Crippen molar-refractivity contribution in [3.8, 4) is 5.88 Å². The number of pyridine rings is 1. The number of rotatable bonds is 9. The topological polar surface area (TPSA) is 118 Å². The van der Waals surface area contributed by atoms with Crippen molar-refractivity contribution in [3.63, 3.8) is 0 Å². The molecule has 1 atom stereocenters. The van der Waals surface area contributed by atoms with Gasteiger partial charge in [0.25, 0.3) is 5.91 Å². The van der Waals surface area contributed by atoms with Crippen molar-refractivity contribution in [2.45, 2.75) is 24.8 Å². The average molecular weight is 447 g/mol. The maximum Gasteiger partial charge on any atom is 0.392 e. The van der Waals surface area contributed by atoms with Crippen LogP contribution in [-0.4, -0.2) is 49.1 Å². The molecule has 1 heterocycles. The molecule has 1 unspecified atom stereocenters. The summed E-state index contributed by atoms with van der Waals surface area (Å²) >= 11 is 0. The SMILES string of the molecule is CC(CO)S(=O)(=O)Nc1ccc(C(=O)Nc2cccc(OCCC(F)(F)F)n2)cc1. The second kappa shape index (κ2) is 9.76. The summed E-state index contributed by atoms with van der Waals surface area (Å²) in [7, 11) is -3.76. The molecule has 0 saturated carbocycles. The number of hydrogen-bond acceptors (Lipinski definition) is 6. The molecule has 1 aromatic carbocycles. The summed E-state index contributed by atoms with van der Waals surface area (Å²) in [6.07, 6.45) is -5.47. The number of nitrogens with one attached hydrogen (secondary N) is 2. The van der Waals surface area contributed by atoms with E-state index in [4.69, 9.17) is 9.84 Å². The van der Waals surface area contributed by atoms with Crippen LogP contribution < -0.4 is 14.8 Å². The number of aliphatic hydroxyl groups excluding tert-OH is 1. The number of halogens is 3. The highest BCUT2D eigenvalue weighted by atomic mass is 32.2. The Kier molecular flexibility index (Phi) is 7.62. The second-order valence-corrected chi connectivity index (χ2v) is 8.35. The van der Waals surface area contributed by atoms with E-state index in [-0.39, 0.29) is 22.9 Å². The van der Waals surface area contributed by atoms with E-state index in [0.717, 1.165) is 0 Å². The summed E-state index contributed by atoms with van der Waals surface area (Å²) < 4.78 is 67.6. The number of carbonyl (C=O) groups is 1. The minimum Gasteiger partial charge on any atom is -0.477 e. The average Bonchev–Trinajstić information content (AvgIpc) is 2.66. The smallest absolute Gasteiger partial charge is 0.392 e. The zero-order valence-corrected chi connectivity index (χ0v) is 16.6. The van der Waals surface area contributed by atoms with Crippen LogP contribution in [0.3, 0.4) is 0 Å². The lowest BCUT2D eigenvalue weighted by atomic mass is 10.2. The highest BCUT2D eigenvalue weighted by molar-refractivity contribution is 7.93. The van der Waals surface area contributed by atoms with Gasteiger partial charge in [0, 0.05) is 17.3 Å². The molecular weight excluding hydrogens is 427 g/mol. The molecule has 2 rings (SSSR count). The van der Waals surface area contributed by atoms with E-state index in [1.807, 2.05) is 0 Å². The van der Waals surface area contributed by atoms with E-state index >= 15 is 0 Å². The molecule has 0 radical (unpaired) electrons. The predicted molar refractivity (Wildman–Crippen MR) is 104 cm³/mol.